The molecule has 0 bridgehead atoms. The van der Waals surface area contributed by atoms with E-state index in [-0.39, 0.29) is 0 Å². The van der Waals surface area contributed by atoms with Crippen molar-refractivity contribution in [3.8, 4) is 0 Å². The Hall–Kier alpha value is -2.11. The molecule has 0 aliphatic carbocycles. The zero-order valence-electron chi connectivity index (χ0n) is 14.9. The highest BCUT2D eigenvalue weighted by atomic mass is 32.2. The molecular weight excluding hydrogens is 332 g/mol. The summed E-state index contributed by atoms with van der Waals surface area (Å²) in [7, 11) is -1.83. The van der Waals surface area contributed by atoms with Crippen LogP contribution in [0.1, 0.15) is 30.9 Å². The number of nitrogens with one attached hydrogen (secondary N) is 1. The van der Waals surface area contributed by atoms with E-state index in [2.05, 4.69) is 24.9 Å². The lowest BCUT2D eigenvalue weighted by molar-refractivity contribution is 0.473. The molecule has 4 nitrogen and oxygen atoms in total. The van der Waals surface area contributed by atoms with E-state index in [9.17, 15) is 8.42 Å². The van der Waals surface area contributed by atoms with Crippen molar-refractivity contribution in [2.45, 2.75) is 31.1 Å². The first kappa shape index (κ1) is 17.7. The standard InChI is InChI=1S/C20H24N2O2S/c1-15(2)16-8-10-18(11-9-16)25(23,24)22(3)13-12-17-14-21-20-7-5-4-6-19(17)20/h4-11,14-15,21H,12-13H2,1-3H3. The van der Waals surface area contributed by atoms with Gasteiger partial charge < -0.3 is 4.98 Å². The number of nitrogens with zero attached hydrogens (tertiary/aromatic N) is 1. The van der Waals surface area contributed by atoms with Crippen LogP contribution in [0.4, 0.5) is 0 Å². The molecule has 1 aromatic heterocycles. The molecule has 3 aromatic rings. The van der Waals surface area contributed by atoms with Gasteiger partial charge in [-0.2, -0.15) is 0 Å². The Morgan fingerprint density at radius 2 is 1.72 bits per heavy atom. The number of hydrogen-bond donors (Lipinski definition) is 1. The smallest absolute Gasteiger partial charge is 0.242 e. The van der Waals surface area contributed by atoms with Gasteiger partial charge in [-0.15, -0.1) is 0 Å². The quantitative estimate of drug-likeness (QED) is 0.721. The van der Waals surface area contributed by atoms with Gasteiger partial charge in [-0.1, -0.05) is 44.2 Å². The molecule has 3 rings (SSSR count). The van der Waals surface area contributed by atoms with Gasteiger partial charge >= 0.3 is 0 Å². The van der Waals surface area contributed by atoms with Gasteiger partial charge in [0.05, 0.1) is 4.90 Å². The summed E-state index contributed by atoms with van der Waals surface area (Å²) in [5.41, 5.74) is 3.35. The van der Waals surface area contributed by atoms with Crippen LogP contribution < -0.4 is 0 Å². The minimum absolute atomic E-state index is 0.346. The third-order valence-corrected chi connectivity index (χ3v) is 6.50. The van der Waals surface area contributed by atoms with Gasteiger partial charge in [0.2, 0.25) is 10.0 Å². The highest BCUT2D eigenvalue weighted by Gasteiger charge is 2.21. The van der Waals surface area contributed by atoms with E-state index in [1.165, 1.54) is 4.31 Å². The molecule has 0 saturated heterocycles. The average molecular weight is 356 g/mol. The molecule has 1 N–H and O–H groups in total. The Balaban J connectivity index is 1.74. The van der Waals surface area contributed by atoms with E-state index in [1.54, 1.807) is 19.2 Å². The monoisotopic (exact) mass is 356 g/mol. The number of hydrogen-bond acceptors (Lipinski definition) is 2. The first-order valence-corrected chi connectivity index (χ1v) is 9.95. The Bertz CT molecular complexity index is 957. The van der Waals surface area contributed by atoms with E-state index in [1.807, 2.05) is 36.5 Å². The van der Waals surface area contributed by atoms with Crippen molar-refractivity contribution >= 4 is 20.9 Å². The molecule has 0 amide bonds. The largest absolute Gasteiger partial charge is 0.361 e. The fraction of sp³-hybridized carbons (Fsp3) is 0.300. The number of aromatic amines is 1. The van der Waals surface area contributed by atoms with Crippen LogP contribution in [0, 0.1) is 0 Å². The summed E-state index contributed by atoms with van der Waals surface area (Å²) >= 11 is 0. The summed E-state index contributed by atoms with van der Waals surface area (Å²) in [4.78, 5) is 3.58. The van der Waals surface area contributed by atoms with Gasteiger partial charge in [0.1, 0.15) is 0 Å². The summed E-state index contributed by atoms with van der Waals surface area (Å²) in [5, 5.41) is 1.15. The summed E-state index contributed by atoms with van der Waals surface area (Å²) in [6, 6.07) is 15.3. The van der Waals surface area contributed by atoms with Crippen molar-refractivity contribution in [1.29, 1.82) is 0 Å². The molecule has 0 aliphatic rings. The van der Waals surface area contributed by atoms with Gasteiger partial charge in [0.25, 0.3) is 0 Å². The maximum atomic E-state index is 12.8. The van der Waals surface area contributed by atoms with Crippen molar-refractivity contribution < 1.29 is 8.42 Å². The molecule has 0 unspecified atom stereocenters. The van der Waals surface area contributed by atoms with Crippen molar-refractivity contribution in [3.05, 3.63) is 65.9 Å². The second-order valence-electron chi connectivity index (χ2n) is 6.66. The predicted molar refractivity (Wildman–Crippen MR) is 102 cm³/mol. The SMILES string of the molecule is CC(C)c1ccc(S(=O)(=O)N(C)CCc2c[nH]c3ccccc23)cc1. The summed E-state index contributed by atoms with van der Waals surface area (Å²) < 4.78 is 26.9. The van der Waals surface area contributed by atoms with E-state index >= 15 is 0 Å². The van der Waals surface area contributed by atoms with Crippen LogP contribution in [-0.2, 0) is 16.4 Å². The number of sulfonamides is 1. The number of para-hydroxylation sites is 1. The molecule has 0 saturated carbocycles. The third-order valence-electron chi connectivity index (χ3n) is 4.63. The first-order chi connectivity index (χ1) is 11.9. The number of likely N-dealkylation sites (N-methyl/N-ethyl adjacent to an activating group) is 1. The van der Waals surface area contributed by atoms with Gasteiger partial charge in [-0.3, -0.25) is 0 Å². The van der Waals surface area contributed by atoms with E-state index in [0.29, 0.717) is 23.8 Å². The minimum Gasteiger partial charge on any atom is -0.361 e. The molecule has 1 heterocycles. The molecule has 0 radical (unpaired) electrons. The highest BCUT2D eigenvalue weighted by Crippen LogP contribution is 2.21. The molecule has 0 fully saturated rings. The van der Waals surface area contributed by atoms with Crippen molar-refractivity contribution in [1.82, 2.24) is 9.29 Å². The topological polar surface area (TPSA) is 53.2 Å². The number of H-pyrrole nitrogens is 1. The van der Waals surface area contributed by atoms with Crippen LogP contribution in [-0.4, -0.2) is 31.3 Å². The highest BCUT2D eigenvalue weighted by molar-refractivity contribution is 7.89. The molecular formula is C20H24N2O2S. The van der Waals surface area contributed by atoms with Gasteiger partial charge in [0.15, 0.2) is 0 Å². The minimum atomic E-state index is -3.46. The maximum absolute atomic E-state index is 12.8. The second kappa shape index (κ2) is 7.02. The lowest BCUT2D eigenvalue weighted by Crippen LogP contribution is -2.29. The Morgan fingerprint density at radius 1 is 1.04 bits per heavy atom. The Kier molecular flexibility index (Phi) is 4.97. The lowest BCUT2D eigenvalue weighted by Gasteiger charge is -2.17. The maximum Gasteiger partial charge on any atom is 0.242 e. The second-order valence-corrected chi connectivity index (χ2v) is 8.70. The van der Waals surface area contributed by atoms with Gasteiger partial charge in [0, 0.05) is 30.7 Å². The molecule has 5 heteroatoms. The van der Waals surface area contributed by atoms with E-state index < -0.39 is 10.0 Å². The van der Waals surface area contributed by atoms with E-state index in [0.717, 1.165) is 22.0 Å². The van der Waals surface area contributed by atoms with Crippen LogP contribution >= 0.6 is 0 Å². The van der Waals surface area contributed by atoms with Crippen molar-refractivity contribution in [2.75, 3.05) is 13.6 Å². The molecule has 25 heavy (non-hydrogen) atoms. The van der Waals surface area contributed by atoms with Crippen LogP contribution in [0.3, 0.4) is 0 Å². The molecule has 132 valence electrons. The predicted octanol–water partition coefficient (Wildman–Crippen LogP) is 4.15. The first-order valence-electron chi connectivity index (χ1n) is 8.51. The van der Waals surface area contributed by atoms with Crippen LogP contribution in [0.25, 0.3) is 10.9 Å². The molecule has 0 atom stereocenters. The third kappa shape index (κ3) is 3.62. The van der Waals surface area contributed by atoms with Gasteiger partial charge in [-0.05, 0) is 41.7 Å². The fourth-order valence-corrected chi connectivity index (χ4v) is 4.11. The van der Waals surface area contributed by atoms with E-state index in [4.69, 9.17) is 0 Å². The van der Waals surface area contributed by atoms with Gasteiger partial charge in [-0.25, -0.2) is 12.7 Å². The summed E-state index contributed by atoms with van der Waals surface area (Å²) in [6.45, 7) is 4.63. The van der Waals surface area contributed by atoms with Crippen LogP contribution in [0.15, 0.2) is 59.6 Å². The lowest BCUT2D eigenvalue weighted by atomic mass is 10.0. The number of fused-ring (bicyclic) bond motifs is 1. The van der Waals surface area contributed by atoms with Crippen LogP contribution in [0.5, 0.6) is 0 Å². The number of rotatable bonds is 6. The Labute approximate surface area is 149 Å². The zero-order chi connectivity index (χ0) is 18.0. The van der Waals surface area contributed by atoms with Crippen molar-refractivity contribution in [2.24, 2.45) is 0 Å². The fourth-order valence-electron chi connectivity index (χ4n) is 2.94. The van der Waals surface area contributed by atoms with Crippen LogP contribution in [0.2, 0.25) is 0 Å². The molecule has 0 aliphatic heterocycles. The Morgan fingerprint density at radius 3 is 2.40 bits per heavy atom. The zero-order valence-corrected chi connectivity index (χ0v) is 15.7. The molecule has 0 spiro atoms. The normalized spacial score (nSPS) is 12.4. The van der Waals surface area contributed by atoms with Crippen molar-refractivity contribution in [3.63, 3.8) is 0 Å². The summed E-state index contributed by atoms with van der Waals surface area (Å²) in [5.74, 6) is 0.386. The molecule has 2 aromatic carbocycles. The number of aromatic nitrogens is 1. The summed E-state index contributed by atoms with van der Waals surface area (Å²) in [6.07, 6.45) is 2.63. The number of benzene rings is 2. The average Bonchev–Trinajstić information content (AvgIpc) is 3.03.